The van der Waals surface area contributed by atoms with Crippen LogP contribution in [0, 0.1) is 17.0 Å². The number of halogens is 3. The van der Waals surface area contributed by atoms with E-state index in [0.29, 0.717) is 0 Å². The number of nitro benzene ring substituents is 1. The van der Waals surface area contributed by atoms with Gasteiger partial charge in [0.1, 0.15) is 22.1 Å². The first-order chi connectivity index (χ1) is 16.1. The van der Waals surface area contributed by atoms with Crippen LogP contribution in [-0.2, 0) is 9.59 Å². The first-order valence-corrected chi connectivity index (χ1v) is 11.0. The van der Waals surface area contributed by atoms with Crippen LogP contribution in [0.5, 0.6) is 0 Å². The number of nitrogens with one attached hydrogen (secondary N) is 1. The predicted molar refractivity (Wildman–Crippen MR) is 129 cm³/mol. The molecule has 0 aliphatic carbocycles. The summed E-state index contributed by atoms with van der Waals surface area (Å²) >= 11 is 15.4. The minimum absolute atomic E-state index is 0.0865. The molecule has 4 rings (SSSR count). The summed E-state index contributed by atoms with van der Waals surface area (Å²) in [6, 6.07) is 9.28. The maximum Gasteiger partial charge on any atom is 0.335 e. The molecule has 9 nitrogen and oxygen atoms in total. The van der Waals surface area contributed by atoms with Gasteiger partial charge in [0.25, 0.3) is 17.5 Å². The number of carbonyl (C=O) groups excluding carboxylic acids is 3. The number of furan rings is 1. The Labute approximate surface area is 210 Å². The number of benzene rings is 2. The van der Waals surface area contributed by atoms with Crippen LogP contribution < -0.4 is 10.2 Å². The molecule has 4 amide bonds. The number of carbonyl (C=O) groups is 3. The molecule has 0 spiro atoms. The molecule has 34 heavy (non-hydrogen) atoms. The lowest BCUT2D eigenvalue weighted by atomic mass is 10.1. The maximum atomic E-state index is 13.0. The van der Waals surface area contributed by atoms with Crippen molar-refractivity contribution < 1.29 is 23.7 Å². The minimum atomic E-state index is -0.891. The minimum Gasteiger partial charge on any atom is -0.457 e. The first-order valence-electron chi connectivity index (χ1n) is 9.48. The van der Waals surface area contributed by atoms with Gasteiger partial charge in [0, 0.05) is 16.1 Å². The Morgan fingerprint density at radius 1 is 1.09 bits per heavy atom. The highest BCUT2D eigenvalue weighted by Gasteiger charge is 2.37. The molecule has 1 N–H and O–H groups in total. The molecule has 2 heterocycles. The monoisotopic (exact) mass is 563 g/mol. The molecule has 1 fully saturated rings. The van der Waals surface area contributed by atoms with E-state index < -0.39 is 22.8 Å². The van der Waals surface area contributed by atoms with E-state index in [1.807, 2.05) is 0 Å². The van der Waals surface area contributed by atoms with Gasteiger partial charge in [-0.15, -0.1) is 0 Å². The van der Waals surface area contributed by atoms with E-state index in [1.54, 1.807) is 25.1 Å². The van der Waals surface area contributed by atoms with Gasteiger partial charge in [0.15, 0.2) is 0 Å². The summed E-state index contributed by atoms with van der Waals surface area (Å²) < 4.78 is 6.45. The molecule has 2 aromatic carbocycles. The van der Waals surface area contributed by atoms with Crippen molar-refractivity contribution in [3.63, 3.8) is 0 Å². The molecular weight excluding hydrogens is 553 g/mol. The summed E-state index contributed by atoms with van der Waals surface area (Å²) in [5, 5.41) is 13.3. The Hall–Kier alpha value is -3.47. The average Bonchev–Trinajstić information content (AvgIpc) is 3.21. The van der Waals surface area contributed by atoms with Gasteiger partial charge < -0.3 is 4.42 Å². The molecule has 0 atom stereocenters. The van der Waals surface area contributed by atoms with Crippen LogP contribution in [0.1, 0.15) is 11.3 Å². The third-order valence-electron chi connectivity index (χ3n) is 4.91. The van der Waals surface area contributed by atoms with Crippen molar-refractivity contribution in [3.05, 3.63) is 84.0 Å². The Morgan fingerprint density at radius 3 is 2.50 bits per heavy atom. The van der Waals surface area contributed by atoms with Gasteiger partial charge in [0.2, 0.25) is 0 Å². The van der Waals surface area contributed by atoms with Crippen LogP contribution in [0.3, 0.4) is 0 Å². The SMILES string of the molecule is Cc1cc(N2C(=O)NC(=O)/C(=C\c3ccc(-c4cc([N+](=O)[O-])c(Cl)cc4Cl)o3)C2=O)ccc1Br. The zero-order valence-electron chi connectivity index (χ0n) is 17.1. The molecule has 1 aliphatic rings. The molecule has 1 aliphatic heterocycles. The lowest BCUT2D eigenvalue weighted by Crippen LogP contribution is -2.54. The van der Waals surface area contributed by atoms with Gasteiger partial charge in [-0.25, -0.2) is 9.69 Å². The number of imide groups is 2. The fourth-order valence-electron chi connectivity index (χ4n) is 3.24. The van der Waals surface area contributed by atoms with Crippen molar-refractivity contribution in [2.75, 3.05) is 4.90 Å². The summed E-state index contributed by atoms with van der Waals surface area (Å²) in [6.45, 7) is 1.79. The van der Waals surface area contributed by atoms with E-state index >= 15 is 0 Å². The lowest BCUT2D eigenvalue weighted by Gasteiger charge is -2.26. The standard InChI is InChI=1S/C22H12BrCl2N3O6/c1-10-6-11(2-4-15(10)23)27-21(30)14(20(29)26-22(27)31)7-12-3-5-19(34-12)13-8-18(28(32)33)17(25)9-16(13)24/h2-9H,1H3,(H,26,29,31)/b14-7+. The molecule has 0 radical (unpaired) electrons. The Balaban J connectivity index is 1.71. The molecule has 1 saturated heterocycles. The van der Waals surface area contributed by atoms with Crippen molar-refractivity contribution in [1.82, 2.24) is 5.32 Å². The van der Waals surface area contributed by atoms with Crippen LogP contribution >= 0.6 is 39.1 Å². The summed E-state index contributed by atoms with van der Waals surface area (Å²) in [5.41, 5.74) is 0.559. The van der Waals surface area contributed by atoms with Crippen molar-refractivity contribution >= 4 is 74.4 Å². The number of aryl methyl sites for hydroxylation is 1. The number of hydrogen-bond donors (Lipinski definition) is 1. The molecule has 172 valence electrons. The first kappa shape index (κ1) is 23.7. The van der Waals surface area contributed by atoms with Crippen LogP contribution in [0.2, 0.25) is 10.0 Å². The number of rotatable bonds is 4. The van der Waals surface area contributed by atoms with E-state index in [1.165, 1.54) is 24.3 Å². The molecule has 0 saturated carbocycles. The van der Waals surface area contributed by atoms with E-state index in [2.05, 4.69) is 21.2 Å². The largest absolute Gasteiger partial charge is 0.457 e. The molecule has 12 heteroatoms. The number of urea groups is 1. The second-order valence-electron chi connectivity index (χ2n) is 7.13. The quantitative estimate of drug-likeness (QED) is 0.182. The molecule has 0 unspecified atom stereocenters. The highest BCUT2D eigenvalue weighted by molar-refractivity contribution is 9.10. The molecular formula is C22H12BrCl2N3O6. The fourth-order valence-corrected chi connectivity index (χ4v) is 4.04. The van der Waals surface area contributed by atoms with Crippen LogP contribution in [0.15, 0.2) is 56.9 Å². The lowest BCUT2D eigenvalue weighted by molar-refractivity contribution is -0.384. The average molecular weight is 565 g/mol. The summed E-state index contributed by atoms with van der Waals surface area (Å²) in [6.07, 6.45) is 1.17. The van der Waals surface area contributed by atoms with Gasteiger partial charge >= 0.3 is 6.03 Å². The van der Waals surface area contributed by atoms with Crippen molar-refractivity contribution in [1.29, 1.82) is 0 Å². The summed E-state index contributed by atoms with van der Waals surface area (Å²) in [5.74, 6) is -1.49. The van der Waals surface area contributed by atoms with Crippen LogP contribution in [0.4, 0.5) is 16.2 Å². The zero-order chi connectivity index (χ0) is 24.7. The number of nitro groups is 1. The molecule has 1 aromatic heterocycles. The smallest absolute Gasteiger partial charge is 0.335 e. The molecule has 0 bridgehead atoms. The number of anilines is 1. The van der Waals surface area contributed by atoms with Gasteiger partial charge in [-0.2, -0.15) is 0 Å². The van der Waals surface area contributed by atoms with E-state index in [4.69, 9.17) is 27.6 Å². The fraction of sp³-hybridized carbons (Fsp3) is 0.0455. The predicted octanol–water partition coefficient (Wildman–Crippen LogP) is 5.90. The summed E-state index contributed by atoms with van der Waals surface area (Å²) in [4.78, 5) is 49.2. The topological polar surface area (TPSA) is 123 Å². The highest BCUT2D eigenvalue weighted by Crippen LogP contribution is 2.37. The van der Waals surface area contributed by atoms with E-state index in [0.717, 1.165) is 21.0 Å². The highest BCUT2D eigenvalue weighted by atomic mass is 79.9. The maximum absolute atomic E-state index is 13.0. The third-order valence-corrected chi connectivity index (χ3v) is 6.42. The van der Waals surface area contributed by atoms with Gasteiger partial charge in [0.05, 0.1) is 15.6 Å². The number of nitrogens with zero attached hydrogens (tertiary/aromatic N) is 2. The van der Waals surface area contributed by atoms with E-state index in [9.17, 15) is 24.5 Å². The second kappa shape index (κ2) is 9.05. The third kappa shape index (κ3) is 4.35. The zero-order valence-corrected chi connectivity index (χ0v) is 20.2. The summed E-state index contributed by atoms with van der Waals surface area (Å²) in [7, 11) is 0. The number of amides is 4. The van der Waals surface area contributed by atoms with Crippen molar-refractivity contribution in [2.45, 2.75) is 6.92 Å². The Bertz CT molecular complexity index is 1430. The number of barbiturate groups is 1. The van der Waals surface area contributed by atoms with E-state index in [-0.39, 0.29) is 44.1 Å². The van der Waals surface area contributed by atoms with Gasteiger partial charge in [-0.1, -0.05) is 39.1 Å². The Morgan fingerprint density at radius 2 is 1.82 bits per heavy atom. The second-order valence-corrected chi connectivity index (χ2v) is 8.80. The van der Waals surface area contributed by atoms with Crippen LogP contribution in [0.25, 0.3) is 17.4 Å². The van der Waals surface area contributed by atoms with Crippen molar-refractivity contribution in [2.24, 2.45) is 0 Å². The van der Waals surface area contributed by atoms with Gasteiger partial charge in [-0.05, 0) is 55.0 Å². The normalized spacial score (nSPS) is 15.1. The van der Waals surface area contributed by atoms with Crippen molar-refractivity contribution in [3.8, 4) is 11.3 Å². The van der Waals surface area contributed by atoms with Gasteiger partial charge in [-0.3, -0.25) is 25.0 Å². The molecule has 3 aromatic rings. The van der Waals surface area contributed by atoms with Crippen LogP contribution in [-0.4, -0.2) is 22.8 Å². The Kier molecular flexibility index (Phi) is 6.30. The number of hydrogen-bond acceptors (Lipinski definition) is 6.